The van der Waals surface area contributed by atoms with Gasteiger partial charge in [0.05, 0.1) is 11.7 Å². The highest BCUT2D eigenvalue weighted by Gasteiger charge is 2.26. The van der Waals surface area contributed by atoms with E-state index in [2.05, 4.69) is 10.4 Å². The summed E-state index contributed by atoms with van der Waals surface area (Å²) in [5.74, 6) is 0.124. The van der Waals surface area contributed by atoms with Crippen LogP contribution in [0, 0.1) is 5.92 Å². The Balaban J connectivity index is 1.52. The largest absolute Gasteiger partial charge is 0.381 e. The maximum atomic E-state index is 12.2. The van der Waals surface area contributed by atoms with Crippen molar-refractivity contribution in [2.45, 2.75) is 25.4 Å². The summed E-state index contributed by atoms with van der Waals surface area (Å²) in [5, 5.41) is 7.11. The molecule has 1 unspecified atom stereocenters. The van der Waals surface area contributed by atoms with Crippen LogP contribution in [0.25, 0.3) is 5.69 Å². The Morgan fingerprint density at radius 3 is 2.74 bits per heavy atom. The van der Waals surface area contributed by atoms with Gasteiger partial charge in [0.15, 0.2) is 0 Å². The molecule has 0 radical (unpaired) electrons. The predicted molar refractivity (Wildman–Crippen MR) is 86.9 cm³/mol. The maximum Gasteiger partial charge on any atom is 0.237 e. The van der Waals surface area contributed by atoms with Crippen LogP contribution in [0.5, 0.6) is 0 Å². The molecule has 1 aliphatic rings. The van der Waals surface area contributed by atoms with Gasteiger partial charge in [-0.3, -0.25) is 4.79 Å². The van der Waals surface area contributed by atoms with Crippen LogP contribution in [0.2, 0.25) is 0 Å². The number of nitrogens with zero attached hydrogens (tertiary/aromatic N) is 2. The lowest BCUT2D eigenvalue weighted by Crippen LogP contribution is -2.46. The van der Waals surface area contributed by atoms with E-state index in [4.69, 9.17) is 10.5 Å². The molecule has 1 saturated heterocycles. The van der Waals surface area contributed by atoms with E-state index in [-0.39, 0.29) is 11.8 Å². The van der Waals surface area contributed by atoms with Gasteiger partial charge in [-0.15, -0.1) is 0 Å². The van der Waals surface area contributed by atoms with Crippen molar-refractivity contribution in [2.24, 2.45) is 11.7 Å². The highest BCUT2D eigenvalue weighted by atomic mass is 16.5. The number of hydrogen-bond acceptors (Lipinski definition) is 4. The van der Waals surface area contributed by atoms with E-state index in [1.807, 2.05) is 36.5 Å². The van der Waals surface area contributed by atoms with E-state index in [1.54, 1.807) is 10.9 Å². The molecule has 1 fully saturated rings. The number of carbonyl (C=O) groups is 1. The molecule has 122 valence electrons. The Hall–Kier alpha value is -2.18. The van der Waals surface area contributed by atoms with Gasteiger partial charge in [-0.25, -0.2) is 4.68 Å². The molecule has 23 heavy (non-hydrogen) atoms. The Bertz CT molecular complexity index is 619. The number of hydrogen-bond donors (Lipinski definition) is 2. The average Bonchev–Trinajstić information content (AvgIpc) is 3.15. The normalized spacial score (nSPS) is 16.9. The van der Waals surface area contributed by atoms with Crippen LogP contribution >= 0.6 is 0 Å². The lowest BCUT2D eigenvalue weighted by atomic mass is 9.92. The molecular formula is C17H22N4O2. The summed E-state index contributed by atoms with van der Waals surface area (Å²) in [6.45, 7) is 1.87. The second-order valence-corrected chi connectivity index (χ2v) is 5.81. The SMILES string of the molecule is NC(C(=O)NCc1ccc(-n2cccn2)cc1)C1CCOCC1. The zero-order chi connectivity index (χ0) is 16.1. The third-order valence-electron chi connectivity index (χ3n) is 4.25. The van der Waals surface area contributed by atoms with Crippen molar-refractivity contribution in [3.63, 3.8) is 0 Å². The van der Waals surface area contributed by atoms with Gasteiger partial charge < -0.3 is 15.8 Å². The highest BCUT2D eigenvalue weighted by Crippen LogP contribution is 2.17. The van der Waals surface area contributed by atoms with Crippen molar-refractivity contribution in [2.75, 3.05) is 13.2 Å². The molecule has 0 saturated carbocycles. The standard InChI is InChI=1S/C17H22N4O2/c18-16(14-6-10-23-11-7-14)17(22)19-12-13-2-4-15(5-3-13)21-9-1-8-20-21/h1-5,8-9,14,16H,6-7,10-12,18H2,(H,19,22). The monoisotopic (exact) mass is 314 g/mol. The van der Waals surface area contributed by atoms with Gasteiger partial charge in [-0.05, 0) is 42.5 Å². The minimum atomic E-state index is -0.456. The van der Waals surface area contributed by atoms with E-state index in [9.17, 15) is 4.79 Å². The van der Waals surface area contributed by atoms with Gasteiger partial charge in [-0.1, -0.05) is 12.1 Å². The predicted octanol–water partition coefficient (Wildman–Crippen LogP) is 1.24. The molecule has 6 nitrogen and oxygen atoms in total. The topological polar surface area (TPSA) is 82.2 Å². The van der Waals surface area contributed by atoms with E-state index in [1.165, 1.54) is 0 Å². The number of aromatic nitrogens is 2. The zero-order valence-corrected chi connectivity index (χ0v) is 13.0. The number of amides is 1. The smallest absolute Gasteiger partial charge is 0.237 e. The van der Waals surface area contributed by atoms with E-state index >= 15 is 0 Å². The fourth-order valence-corrected chi connectivity index (χ4v) is 2.78. The number of benzene rings is 1. The van der Waals surface area contributed by atoms with Crippen molar-refractivity contribution < 1.29 is 9.53 Å². The fourth-order valence-electron chi connectivity index (χ4n) is 2.78. The molecule has 3 N–H and O–H groups in total. The average molecular weight is 314 g/mol. The van der Waals surface area contributed by atoms with Crippen LogP contribution < -0.4 is 11.1 Å². The summed E-state index contributed by atoms with van der Waals surface area (Å²) in [6.07, 6.45) is 5.34. The van der Waals surface area contributed by atoms with Crippen molar-refractivity contribution in [1.82, 2.24) is 15.1 Å². The number of nitrogens with two attached hydrogens (primary N) is 1. The van der Waals surface area contributed by atoms with Crippen LogP contribution in [-0.2, 0) is 16.1 Å². The number of rotatable bonds is 5. The summed E-state index contributed by atoms with van der Waals surface area (Å²) in [5.41, 5.74) is 8.09. The van der Waals surface area contributed by atoms with Crippen molar-refractivity contribution >= 4 is 5.91 Å². The van der Waals surface area contributed by atoms with Gasteiger partial charge in [0.1, 0.15) is 0 Å². The fraction of sp³-hybridized carbons (Fsp3) is 0.412. The van der Waals surface area contributed by atoms with E-state index < -0.39 is 6.04 Å². The molecule has 3 rings (SSSR count). The molecule has 2 heterocycles. The first-order chi connectivity index (χ1) is 11.2. The molecule has 1 aromatic carbocycles. The summed E-state index contributed by atoms with van der Waals surface area (Å²) in [7, 11) is 0. The number of ether oxygens (including phenoxy) is 1. The van der Waals surface area contributed by atoms with Crippen molar-refractivity contribution in [3.05, 3.63) is 48.3 Å². The molecular weight excluding hydrogens is 292 g/mol. The molecule has 0 aliphatic carbocycles. The Morgan fingerprint density at radius 2 is 2.09 bits per heavy atom. The first kappa shape index (κ1) is 15.7. The molecule has 1 amide bonds. The molecule has 6 heteroatoms. The van der Waals surface area contributed by atoms with Crippen LogP contribution in [0.15, 0.2) is 42.7 Å². The molecule has 0 spiro atoms. The quantitative estimate of drug-likeness (QED) is 0.870. The molecule has 2 aromatic rings. The van der Waals surface area contributed by atoms with Crippen LogP contribution in [0.4, 0.5) is 0 Å². The summed E-state index contributed by atoms with van der Waals surface area (Å²) in [4.78, 5) is 12.2. The first-order valence-corrected chi connectivity index (χ1v) is 7.94. The summed E-state index contributed by atoms with van der Waals surface area (Å²) < 4.78 is 7.10. The first-order valence-electron chi connectivity index (χ1n) is 7.94. The van der Waals surface area contributed by atoms with Gasteiger partial charge in [0.25, 0.3) is 0 Å². The lowest BCUT2D eigenvalue weighted by molar-refractivity contribution is -0.124. The zero-order valence-electron chi connectivity index (χ0n) is 13.0. The summed E-state index contributed by atoms with van der Waals surface area (Å²) in [6, 6.07) is 9.35. The summed E-state index contributed by atoms with van der Waals surface area (Å²) >= 11 is 0. The van der Waals surface area contributed by atoms with Crippen LogP contribution in [0.1, 0.15) is 18.4 Å². The van der Waals surface area contributed by atoms with Gasteiger partial charge >= 0.3 is 0 Å². The minimum Gasteiger partial charge on any atom is -0.381 e. The second kappa shape index (κ2) is 7.39. The molecule has 0 bridgehead atoms. The molecule has 1 aliphatic heterocycles. The lowest BCUT2D eigenvalue weighted by Gasteiger charge is -2.26. The van der Waals surface area contributed by atoms with E-state index in [0.29, 0.717) is 19.8 Å². The Labute approximate surface area is 135 Å². The van der Waals surface area contributed by atoms with Gasteiger partial charge in [-0.2, -0.15) is 5.10 Å². The third kappa shape index (κ3) is 3.97. The highest BCUT2D eigenvalue weighted by molar-refractivity contribution is 5.81. The van der Waals surface area contributed by atoms with Crippen molar-refractivity contribution in [1.29, 1.82) is 0 Å². The Morgan fingerprint density at radius 1 is 1.35 bits per heavy atom. The van der Waals surface area contributed by atoms with Crippen molar-refractivity contribution in [3.8, 4) is 5.69 Å². The molecule has 1 aromatic heterocycles. The third-order valence-corrected chi connectivity index (χ3v) is 4.25. The van der Waals surface area contributed by atoms with Crippen LogP contribution in [0.3, 0.4) is 0 Å². The van der Waals surface area contributed by atoms with E-state index in [0.717, 1.165) is 24.1 Å². The second-order valence-electron chi connectivity index (χ2n) is 5.81. The Kier molecular flexibility index (Phi) is 5.05. The van der Waals surface area contributed by atoms with Crippen LogP contribution in [-0.4, -0.2) is 34.9 Å². The number of nitrogens with one attached hydrogen (secondary N) is 1. The number of carbonyl (C=O) groups excluding carboxylic acids is 1. The van der Waals surface area contributed by atoms with Gasteiger partial charge in [0, 0.05) is 32.2 Å². The minimum absolute atomic E-state index is 0.0898. The molecule has 1 atom stereocenters. The maximum absolute atomic E-state index is 12.2. The van der Waals surface area contributed by atoms with Gasteiger partial charge in [0.2, 0.25) is 5.91 Å².